The van der Waals surface area contributed by atoms with Gasteiger partial charge >= 0.3 is 0 Å². The van der Waals surface area contributed by atoms with Crippen molar-refractivity contribution in [3.63, 3.8) is 0 Å². The van der Waals surface area contributed by atoms with E-state index >= 15 is 0 Å². The molecule has 0 aliphatic heterocycles. The Hall–Kier alpha value is -5.46. The Labute approximate surface area is 208 Å². The summed E-state index contributed by atoms with van der Waals surface area (Å²) >= 11 is 0. The van der Waals surface area contributed by atoms with Crippen LogP contribution in [-0.2, 0) is 0 Å². The Balaban J connectivity index is 2.24. The molecule has 0 bridgehead atoms. The van der Waals surface area contributed by atoms with Crippen molar-refractivity contribution in [2.75, 3.05) is 0 Å². The van der Waals surface area contributed by atoms with Crippen LogP contribution < -0.4 is 21.9 Å². The first kappa shape index (κ1) is 24.7. The zero-order valence-corrected chi connectivity index (χ0v) is 18.9. The molecule has 13 heteroatoms. The molecular weight excluding hydrogens is 483 g/mol. The minimum Gasteiger partial charge on any atom is -0.258 e. The second kappa shape index (κ2) is 9.66. The van der Waals surface area contributed by atoms with Gasteiger partial charge in [0.15, 0.2) is 0 Å². The molecular formula is C24H16BN4O8-. The van der Waals surface area contributed by atoms with E-state index in [0.717, 1.165) is 0 Å². The van der Waals surface area contributed by atoms with Crippen LogP contribution in [0.2, 0.25) is 0 Å². The fourth-order valence-electron chi connectivity index (χ4n) is 4.79. The Morgan fingerprint density at radius 3 is 0.811 bits per heavy atom. The molecule has 184 valence electrons. The van der Waals surface area contributed by atoms with Crippen molar-refractivity contribution < 1.29 is 19.7 Å². The second-order valence-corrected chi connectivity index (χ2v) is 8.27. The Morgan fingerprint density at radius 1 is 0.405 bits per heavy atom. The number of nitro benzene ring substituents is 4. The zero-order chi connectivity index (χ0) is 26.7. The summed E-state index contributed by atoms with van der Waals surface area (Å²) < 4.78 is 0. The van der Waals surface area contributed by atoms with E-state index in [1.54, 1.807) is 24.3 Å². The minimum absolute atomic E-state index is 0.287. The lowest BCUT2D eigenvalue weighted by Gasteiger charge is -2.43. The molecule has 12 nitrogen and oxygen atoms in total. The number of nitro groups is 4. The topological polar surface area (TPSA) is 173 Å². The lowest BCUT2D eigenvalue weighted by Crippen LogP contribution is -2.74. The predicted molar refractivity (Wildman–Crippen MR) is 137 cm³/mol. The first-order valence-corrected chi connectivity index (χ1v) is 10.8. The van der Waals surface area contributed by atoms with Gasteiger partial charge < -0.3 is 0 Å². The number of rotatable bonds is 8. The fraction of sp³-hybridized carbons (Fsp3) is 0. The van der Waals surface area contributed by atoms with Crippen molar-refractivity contribution in [3.8, 4) is 0 Å². The summed E-state index contributed by atoms with van der Waals surface area (Å²) in [7, 11) is 0. The van der Waals surface area contributed by atoms with Crippen LogP contribution in [-0.4, -0.2) is 25.8 Å². The third-order valence-electron chi connectivity index (χ3n) is 6.32. The number of hydrogen-bond donors (Lipinski definition) is 0. The largest absolute Gasteiger partial charge is 0.266 e. The molecule has 0 saturated carbocycles. The van der Waals surface area contributed by atoms with E-state index < -0.39 is 25.8 Å². The zero-order valence-electron chi connectivity index (χ0n) is 18.9. The van der Waals surface area contributed by atoms with Gasteiger partial charge in [-0.1, -0.05) is 48.5 Å². The molecule has 0 aliphatic rings. The highest BCUT2D eigenvalue weighted by atomic mass is 16.6. The summed E-state index contributed by atoms with van der Waals surface area (Å²) in [5, 5.41) is 46.7. The highest BCUT2D eigenvalue weighted by molar-refractivity contribution is 7.20. The first-order valence-electron chi connectivity index (χ1n) is 10.8. The number of nitrogens with zero attached hydrogens (tertiary/aromatic N) is 4. The smallest absolute Gasteiger partial charge is 0.258 e. The Bertz CT molecular complexity index is 1340. The molecule has 0 aromatic heterocycles. The molecule has 0 saturated heterocycles. The van der Waals surface area contributed by atoms with Gasteiger partial charge in [0.1, 0.15) is 6.15 Å². The van der Waals surface area contributed by atoms with Gasteiger partial charge in [-0.2, -0.15) is 21.9 Å². The summed E-state index contributed by atoms with van der Waals surface area (Å²) in [4.78, 5) is 44.2. The van der Waals surface area contributed by atoms with E-state index in [1.807, 2.05) is 0 Å². The SMILES string of the molecule is O=[N+]([O-])c1cccc([B-](c2cccc([N+](=O)[O-])c2)(c2cccc([N+](=O)[O-])c2)c2cccc([N+](=O)[O-])c2)c1. The highest BCUT2D eigenvalue weighted by Crippen LogP contribution is 2.20. The number of hydrogen-bond acceptors (Lipinski definition) is 8. The van der Waals surface area contributed by atoms with Crippen molar-refractivity contribution in [1.82, 2.24) is 0 Å². The molecule has 4 aromatic rings. The first-order chi connectivity index (χ1) is 17.6. The van der Waals surface area contributed by atoms with Crippen molar-refractivity contribution >= 4 is 50.7 Å². The molecule has 0 heterocycles. The quantitative estimate of drug-likeness (QED) is 0.202. The summed E-state index contributed by atoms with van der Waals surface area (Å²) in [6, 6.07) is 22.1. The second-order valence-electron chi connectivity index (χ2n) is 8.27. The monoisotopic (exact) mass is 499 g/mol. The van der Waals surface area contributed by atoms with E-state index in [-0.39, 0.29) is 44.6 Å². The molecule has 0 atom stereocenters. The van der Waals surface area contributed by atoms with Crippen LogP contribution in [0.4, 0.5) is 22.7 Å². The molecule has 0 fully saturated rings. The molecule has 0 amide bonds. The normalized spacial score (nSPS) is 11.0. The van der Waals surface area contributed by atoms with Crippen LogP contribution >= 0.6 is 0 Å². The fourth-order valence-corrected chi connectivity index (χ4v) is 4.79. The van der Waals surface area contributed by atoms with Crippen LogP contribution in [0.5, 0.6) is 0 Å². The van der Waals surface area contributed by atoms with Gasteiger partial charge in [-0.05, 0) is 24.3 Å². The molecule has 0 unspecified atom stereocenters. The number of non-ortho nitro benzene ring substituents is 4. The summed E-state index contributed by atoms with van der Waals surface area (Å²) in [5.74, 6) is 0. The number of benzene rings is 4. The lowest BCUT2D eigenvalue weighted by molar-refractivity contribution is -0.384. The minimum atomic E-state index is -2.63. The van der Waals surface area contributed by atoms with Crippen molar-refractivity contribution in [3.05, 3.63) is 138 Å². The van der Waals surface area contributed by atoms with Crippen molar-refractivity contribution in [2.45, 2.75) is 0 Å². The van der Waals surface area contributed by atoms with Gasteiger partial charge in [-0.3, -0.25) is 40.5 Å². The predicted octanol–water partition coefficient (Wildman–Crippen LogP) is 2.70. The van der Waals surface area contributed by atoms with Crippen molar-refractivity contribution in [1.29, 1.82) is 0 Å². The maximum atomic E-state index is 11.7. The lowest BCUT2D eigenvalue weighted by atomic mass is 9.13. The van der Waals surface area contributed by atoms with Gasteiger partial charge in [0.2, 0.25) is 0 Å². The van der Waals surface area contributed by atoms with Gasteiger partial charge in [0, 0.05) is 24.3 Å². The van der Waals surface area contributed by atoms with Gasteiger partial charge in [-0.25, -0.2) is 0 Å². The van der Waals surface area contributed by atoms with Crippen LogP contribution in [0.3, 0.4) is 0 Å². The van der Waals surface area contributed by atoms with Crippen molar-refractivity contribution in [2.24, 2.45) is 0 Å². The molecule has 0 radical (unpaired) electrons. The molecule has 0 aliphatic carbocycles. The molecule has 4 aromatic carbocycles. The summed E-state index contributed by atoms with van der Waals surface area (Å²) in [6.45, 7) is 0. The van der Waals surface area contributed by atoms with Gasteiger partial charge in [-0.15, -0.1) is 0 Å². The summed E-state index contributed by atoms with van der Waals surface area (Å²) in [6.07, 6.45) is -2.63. The van der Waals surface area contributed by atoms with Gasteiger partial charge in [0.25, 0.3) is 22.7 Å². The van der Waals surface area contributed by atoms with E-state index in [9.17, 15) is 40.5 Å². The van der Waals surface area contributed by atoms with Crippen LogP contribution in [0, 0.1) is 40.5 Å². The third-order valence-corrected chi connectivity index (χ3v) is 6.32. The molecule has 0 N–H and O–H groups in total. The molecule has 4 rings (SSSR count). The average molecular weight is 499 g/mol. The third kappa shape index (κ3) is 4.48. The van der Waals surface area contributed by atoms with Gasteiger partial charge in [0.05, 0.1) is 19.7 Å². The Kier molecular flexibility index (Phi) is 6.44. The standard InChI is InChI=1S/C24H16BN4O8/c30-26(31)21-9-1-5-17(13-21)25(18-6-2-10-22(14-18)27(32)33,19-7-3-11-23(15-19)28(34)35)20-8-4-12-24(16-20)29(36)37/h1-16H/q-1. The van der Waals surface area contributed by atoms with E-state index in [1.165, 1.54) is 72.8 Å². The molecule has 0 spiro atoms. The van der Waals surface area contributed by atoms with Crippen LogP contribution in [0.15, 0.2) is 97.1 Å². The maximum absolute atomic E-state index is 11.7. The Morgan fingerprint density at radius 2 is 0.622 bits per heavy atom. The molecule has 37 heavy (non-hydrogen) atoms. The van der Waals surface area contributed by atoms with E-state index in [2.05, 4.69) is 0 Å². The highest BCUT2D eigenvalue weighted by Gasteiger charge is 2.35. The van der Waals surface area contributed by atoms with Crippen LogP contribution in [0.1, 0.15) is 0 Å². The van der Waals surface area contributed by atoms with E-state index in [0.29, 0.717) is 0 Å². The maximum Gasteiger partial charge on any atom is 0.266 e. The average Bonchev–Trinajstić information content (AvgIpc) is 2.90. The van der Waals surface area contributed by atoms with Crippen LogP contribution in [0.25, 0.3) is 0 Å². The summed E-state index contributed by atoms with van der Waals surface area (Å²) in [5.41, 5.74) is 0.00273. The van der Waals surface area contributed by atoms with E-state index in [4.69, 9.17) is 0 Å².